The van der Waals surface area contributed by atoms with Crippen molar-refractivity contribution in [3.05, 3.63) is 35.8 Å². The smallest absolute Gasteiger partial charge is 0.244 e. The van der Waals surface area contributed by atoms with Crippen molar-refractivity contribution in [2.45, 2.75) is 52.2 Å². The molecule has 4 heteroatoms. The Kier molecular flexibility index (Phi) is 6.36. The van der Waals surface area contributed by atoms with Crippen LogP contribution >= 0.6 is 0 Å². The Hall–Kier alpha value is -1.55. The summed E-state index contributed by atoms with van der Waals surface area (Å²) in [6, 6.07) is 3.35. The zero-order valence-corrected chi connectivity index (χ0v) is 11.8. The summed E-state index contributed by atoms with van der Waals surface area (Å²) in [7, 11) is 0. The maximum absolute atomic E-state index is 11.8. The molecule has 4 nitrogen and oxygen atoms in total. The van der Waals surface area contributed by atoms with Crippen LogP contribution in [0.25, 0.3) is 0 Å². The molecule has 0 aliphatic carbocycles. The molecule has 2 atom stereocenters. The first-order valence-electron chi connectivity index (χ1n) is 6.78. The maximum Gasteiger partial charge on any atom is 0.244 e. The van der Waals surface area contributed by atoms with E-state index in [1.54, 1.807) is 18.2 Å². The third kappa shape index (κ3) is 5.30. The number of aliphatic hydroxyl groups is 1. The molecule has 1 aromatic rings. The molecule has 1 heterocycles. The molecule has 0 aromatic carbocycles. The van der Waals surface area contributed by atoms with E-state index in [1.807, 2.05) is 20.8 Å². The largest absolute Gasteiger partial charge is 0.467 e. The van der Waals surface area contributed by atoms with Gasteiger partial charge in [0.25, 0.3) is 0 Å². The predicted octanol–water partition coefficient (Wildman–Crippen LogP) is 2.95. The predicted molar refractivity (Wildman–Crippen MR) is 74.6 cm³/mol. The number of carbonyl (C=O) groups excluding carboxylic acids is 1. The first-order valence-corrected chi connectivity index (χ1v) is 6.78. The molecule has 0 saturated carbocycles. The second-order valence-corrected chi connectivity index (χ2v) is 4.69. The molecule has 1 amide bonds. The number of rotatable bonds is 7. The van der Waals surface area contributed by atoms with Crippen molar-refractivity contribution in [1.82, 2.24) is 5.32 Å². The third-order valence-corrected chi connectivity index (χ3v) is 3.08. The summed E-state index contributed by atoms with van der Waals surface area (Å²) in [6.45, 7) is 5.94. The van der Waals surface area contributed by atoms with Crippen LogP contribution in [0.3, 0.4) is 0 Å². The van der Waals surface area contributed by atoms with Crippen LogP contribution in [0.2, 0.25) is 0 Å². The zero-order chi connectivity index (χ0) is 14.3. The Balaban J connectivity index is 2.44. The lowest BCUT2D eigenvalue weighted by atomic mass is 10.1. The van der Waals surface area contributed by atoms with Crippen molar-refractivity contribution >= 4 is 5.91 Å². The minimum absolute atomic E-state index is 0.0992. The highest BCUT2D eigenvalue weighted by Crippen LogP contribution is 2.18. The van der Waals surface area contributed by atoms with Crippen molar-refractivity contribution in [2.75, 3.05) is 0 Å². The summed E-state index contributed by atoms with van der Waals surface area (Å²) < 4.78 is 5.13. The number of carbonyl (C=O) groups is 1. The van der Waals surface area contributed by atoms with E-state index in [0.29, 0.717) is 12.2 Å². The van der Waals surface area contributed by atoms with Gasteiger partial charge in [0.15, 0.2) is 0 Å². The van der Waals surface area contributed by atoms with Gasteiger partial charge in [-0.1, -0.05) is 19.4 Å². The van der Waals surface area contributed by atoms with Crippen LogP contribution in [0.15, 0.2) is 34.5 Å². The topological polar surface area (TPSA) is 62.5 Å². The number of furan rings is 1. The van der Waals surface area contributed by atoms with Gasteiger partial charge < -0.3 is 14.8 Å². The van der Waals surface area contributed by atoms with E-state index in [4.69, 9.17) is 4.42 Å². The quantitative estimate of drug-likeness (QED) is 0.745. The highest BCUT2D eigenvalue weighted by Gasteiger charge is 2.15. The van der Waals surface area contributed by atoms with Gasteiger partial charge in [-0.25, -0.2) is 0 Å². The molecule has 0 saturated heterocycles. The van der Waals surface area contributed by atoms with Gasteiger partial charge >= 0.3 is 0 Å². The Morgan fingerprint density at radius 2 is 2.16 bits per heavy atom. The molecule has 0 bridgehead atoms. The van der Waals surface area contributed by atoms with Crippen molar-refractivity contribution in [3.63, 3.8) is 0 Å². The highest BCUT2D eigenvalue weighted by atomic mass is 16.4. The van der Waals surface area contributed by atoms with Crippen LogP contribution < -0.4 is 5.32 Å². The molecule has 0 spiro atoms. The maximum atomic E-state index is 11.8. The van der Waals surface area contributed by atoms with E-state index in [0.717, 1.165) is 18.4 Å². The van der Waals surface area contributed by atoms with Crippen molar-refractivity contribution < 1.29 is 14.3 Å². The monoisotopic (exact) mass is 265 g/mol. The van der Waals surface area contributed by atoms with Gasteiger partial charge in [0, 0.05) is 18.5 Å². The average Bonchev–Trinajstić information content (AvgIpc) is 2.89. The SMILES string of the molecule is CCC(=CC(=O)NC(C)CC(O)c1ccco1)CC. The molecule has 2 N–H and O–H groups in total. The molecule has 2 unspecified atom stereocenters. The molecule has 0 aliphatic heterocycles. The van der Waals surface area contributed by atoms with Crippen LogP contribution in [0.1, 0.15) is 51.9 Å². The second-order valence-electron chi connectivity index (χ2n) is 4.69. The van der Waals surface area contributed by atoms with E-state index in [2.05, 4.69) is 5.32 Å². The molecule has 0 aliphatic rings. The number of hydrogen-bond acceptors (Lipinski definition) is 3. The van der Waals surface area contributed by atoms with Gasteiger partial charge in [-0.2, -0.15) is 0 Å². The molecule has 1 rings (SSSR count). The number of allylic oxidation sites excluding steroid dienone is 1. The van der Waals surface area contributed by atoms with Crippen LogP contribution in [0.4, 0.5) is 0 Å². The zero-order valence-electron chi connectivity index (χ0n) is 11.8. The molecule has 106 valence electrons. The van der Waals surface area contributed by atoms with Gasteiger partial charge in [0.1, 0.15) is 11.9 Å². The fraction of sp³-hybridized carbons (Fsp3) is 0.533. The number of nitrogens with one attached hydrogen (secondary N) is 1. The third-order valence-electron chi connectivity index (χ3n) is 3.08. The van der Waals surface area contributed by atoms with E-state index in [9.17, 15) is 9.90 Å². The van der Waals surface area contributed by atoms with E-state index >= 15 is 0 Å². The molecule has 19 heavy (non-hydrogen) atoms. The van der Waals surface area contributed by atoms with Crippen LogP contribution in [0.5, 0.6) is 0 Å². The Morgan fingerprint density at radius 1 is 1.47 bits per heavy atom. The number of hydrogen-bond donors (Lipinski definition) is 2. The average molecular weight is 265 g/mol. The second kappa shape index (κ2) is 7.79. The summed E-state index contributed by atoms with van der Waals surface area (Å²) in [5.41, 5.74) is 1.12. The standard InChI is InChI=1S/C15H23NO3/c1-4-12(5-2)10-15(18)16-11(3)9-13(17)14-7-6-8-19-14/h6-8,10-11,13,17H,4-5,9H2,1-3H3,(H,16,18). The lowest BCUT2D eigenvalue weighted by molar-refractivity contribution is -0.117. The molecular weight excluding hydrogens is 242 g/mol. The fourth-order valence-corrected chi connectivity index (χ4v) is 1.91. The minimum Gasteiger partial charge on any atom is -0.467 e. The van der Waals surface area contributed by atoms with E-state index in [-0.39, 0.29) is 11.9 Å². The summed E-state index contributed by atoms with van der Waals surface area (Å²) in [4.78, 5) is 11.8. The van der Waals surface area contributed by atoms with Crippen LogP contribution in [-0.2, 0) is 4.79 Å². The first kappa shape index (κ1) is 15.5. The Bertz CT molecular complexity index is 403. The Morgan fingerprint density at radius 3 is 2.68 bits per heavy atom. The Labute approximate surface area is 114 Å². The van der Waals surface area contributed by atoms with Gasteiger partial charge in [0.05, 0.1) is 6.26 Å². The summed E-state index contributed by atoms with van der Waals surface area (Å²) in [5.74, 6) is 0.428. The molecule has 0 radical (unpaired) electrons. The first-order chi connectivity index (χ1) is 9.06. The number of aliphatic hydroxyl groups excluding tert-OH is 1. The highest BCUT2D eigenvalue weighted by molar-refractivity contribution is 5.88. The molecular formula is C15H23NO3. The van der Waals surface area contributed by atoms with E-state index < -0.39 is 6.10 Å². The summed E-state index contributed by atoms with van der Waals surface area (Å²) in [5, 5.41) is 12.8. The fourth-order valence-electron chi connectivity index (χ4n) is 1.91. The van der Waals surface area contributed by atoms with Gasteiger partial charge in [0.2, 0.25) is 5.91 Å². The lowest BCUT2D eigenvalue weighted by Gasteiger charge is -2.16. The van der Waals surface area contributed by atoms with Crippen LogP contribution in [-0.4, -0.2) is 17.1 Å². The summed E-state index contributed by atoms with van der Waals surface area (Å²) in [6.07, 6.45) is 4.68. The van der Waals surface area contributed by atoms with Gasteiger partial charge in [-0.15, -0.1) is 0 Å². The van der Waals surface area contributed by atoms with Crippen molar-refractivity contribution in [3.8, 4) is 0 Å². The van der Waals surface area contributed by atoms with Gasteiger partial charge in [-0.05, 0) is 31.9 Å². The van der Waals surface area contributed by atoms with E-state index in [1.165, 1.54) is 6.26 Å². The summed E-state index contributed by atoms with van der Waals surface area (Å²) >= 11 is 0. The van der Waals surface area contributed by atoms with Crippen molar-refractivity contribution in [2.24, 2.45) is 0 Å². The normalized spacial score (nSPS) is 13.7. The van der Waals surface area contributed by atoms with Crippen LogP contribution in [0, 0.1) is 0 Å². The lowest BCUT2D eigenvalue weighted by Crippen LogP contribution is -2.32. The molecule has 1 aromatic heterocycles. The minimum atomic E-state index is -0.689. The molecule has 0 fully saturated rings. The number of amides is 1. The van der Waals surface area contributed by atoms with Gasteiger partial charge in [-0.3, -0.25) is 4.79 Å². The van der Waals surface area contributed by atoms with Crippen molar-refractivity contribution in [1.29, 1.82) is 0 Å².